The lowest BCUT2D eigenvalue weighted by atomic mass is 9.96. The van der Waals surface area contributed by atoms with Crippen LogP contribution in [0.3, 0.4) is 0 Å². The summed E-state index contributed by atoms with van der Waals surface area (Å²) in [6.07, 6.45) is 8.90. The molecule has 0 radical (unpaired) electrons. The maximum Gasteiger partial charge on any atom is 0.228 e. The Kier molecular flexibility index (Phi) is 3.15. The molecule has 5 heteroatoms. The van der Waals surface area contributed by atoms with E-state index in [4.69, 9.17) is 14.7 Å². The quantitative estimate of drug-likeness (QED) is 0.897. The van der Waals surface area contributed by atoms with Crippen LogP contribution in [0.4, 0.5) is 0 Å². The van der Waals surface area contributed by atoms with Crippen LogP contribution in [0, 0.1) is 5.92 Å². The lowest BCUT2D eigenvalue weighted by Gasteiger charge is -2.16. The molecule has 2 N–H and O–H groups in total. The van der Waals surface area contributed by atoms with E-state index in [-0.39, 0.29) is 6.04 Å². The Labute approximate surface area is 105 Å². The van der Waals surface area contributed by atoms with E-state index in [0.29, 0.717) is 24.1 Å². The number of aromatic nitrogens is 2. The smallest absolute Gasteiger partial charge is 0.228 e. The summed E-state index contributed by atoms with van der Waals surface area (Å²) in [5.41, 5.74) is 7.03. The van der Waals surface area contributed by atoms with Gasteiger partial charge in [-0.1, -0.05) is 18.0 Å². The largest absolute Gasteiger partial charge is 0.472 e. The van der Waals surface area contributed by atoms with Gasteiger partial charge in [0.15, 0.2) is 0 Å². The zero-order valence-electron chi connectivity index (χ0n) is 10.2. The highest BCUT2D eigenvalue weighted by atomic mass is 16.5. The van der Waals surface area contributed by atoms with Crippen LogP contribution in [0.5, 0.6) is 0 Å². The molecule has 1 aliphatic carbocycles. The van der Waals surface area contributed by atoms with Crippen molar-refractivity contribution in [2.24, 2.45) is 11.7 Å². The normalized spacial score (nSPS) is 18.3. The number of hydrogen-bond acceptors (Lipinski definition) is 5. The highest BCUT2D eigenvalue weighted by Gasteiger charge is 2.24. The van der Waals surface area contributed by atoms with Crippen molar-refractivity contribution < 1.29 is 8.94 Å². The average Bonchev–Trinajstić information content (AvgIpc) is 3.12. The highest BCUT2D eigenvalue weighted by Crippen LogP contribution is 2.28. The van der Waals surface area contributed by atoms with Crippen LogP contribution in [0.2, 0.25) is 0 Å². The minimum Gasteiger partial charge on any atom is -0.472 e. The first-order valence-corrected chi connectivity index (χ1v) is 6.43. The molecule has 5 nitrogen and oxygen atoms in total. The summed E-state index contributed by atoms with van der Waals surface area (Å²) >= 11 is 0. The lowest BCUT2D eigenvalue weighted by molar-refractivity contribution is 0.341. The van der Waals surface area contributed by atoms with Crippen molar-refractivity contribution in [1.29, 1.82) is 0 Å². The minimum absolute atomic E-state index is 0.130. The van der Waals surface area contributed by atoms with Gasteiger partial charge in [0.2, 0.25) is 11.7 Å². The summed E-state index contributed by atoms with van der Waals surface area (Å²) in [5.74, 6) is 1.79. The van der Waals surface area contributed by atoms with Crippen molar-refractivity contribution in [3.8, 4) is 11.4 Å². The fraction of sp³-hybridized carbons (Fsp3) is 0.538. The molecule has 0 spiro atoms. The number of hydrogen-bond donors (Lipinski definition) is 1. The van der Waals surface area contributed by atoms with Crippen molar-refractivity contribution >= 4 is 0 Å². The van der Waals surface area contributed by atoms with Crippen molar-refractivity contribution in [2.75, 3.05) is 0 Å². The first-order chi connectivity index (χ1) is 8.83. The maximum absolute atomic E-state index is 6.19. The Hall–Kier alpha value is -1.62. The molecule has 1 fully saturated rings. The van der Waals surface area contributed by atoms with E-state index in [2.05, 4.69) is 10.1 Å². The third-order valence-corrected chi connectivity index (χ3v) is 3.66. The standard InChI is InChI=1S/C13H17N3O2/c14-11(9-3-1-2-4-9)7-12-15-13(16-18-12)10-5-6-17-8-10/h5-6,8-9,11H,1-4,7,14H2. The molecule has 96 valence electrons. The molecular weight excluding hydrogens is 230 g/mol. The Balaban J connectivity index is 1.66. The summed E-state index contributed by atoms with van der Waals surface area (Å²) < 4.78 is 10.2. The molecule has 0 aromatic carbocycles. The van der Waals surface area contributed by atoms with Gasteiger partial charge in [-0.05, 0) is 24.8 Å². The average molecular weight is 247 g/mol. The molecule has 1 atom stereocenters. The molecule has 0 bridgehead atoms. The third-order valence-electron chi connectivity index (χ3n) is 3.66. The first kappa shape index (κ1) is 11.5. The minimum atomic E-state index is 0.130. The van der Waals surface area contributed by atoms with Gasteiger partial charge in [-0.25, -0.2) is 0 Å². The van der Waals surface area contributed by atoms with Gasteiger partial charge in [0.1, 0.15) is 6.26 Å². The van der Waals surface area contributed by atoms with Crippen molar-refractivity contribution in [3.05, 3.63) is 24.5 Å². The Morgan fingerprint density at radius 3 is 2.94 bits per heavy atom. The SMILES string of the molecule is NC(Cc1nc(-c2ccoc2)no1)C1CCCC1. The van der Waals surface area contributed by atoms with Gasteiger partial charge in [0.05, 0.1) is 11.8 Å². The predicted molar refractivity (Wildman–Crippen MR) is 65.6 cm³/mol. The van der Waals surface area contributed by atoms with E-state index in [1.54, 1.807) is 12.5 Å². The van der Waals surface area contributed by atoms with Crippen molar-refractivity contribution in [1.82, 2.24) is 10.1 Å². The summed E-state index contributed by atoms with van der Waals surface area (Å²) in [6, 6.07) is 1.94. The Bertz CT molecular complexity index is 486. The van der Waals surface area contributed by atoms with Crippen LogP contribution >= 0.6 is 0 Å². The summed E-state index contributed by atoms with van der Waals surface area (Å²) in [5, 5.41) is 3.94. The lowest BCUT2D eigenvalue weighted by Crippen LogP contribution is -2.30. The van der Waals surface area contributed by atoms with E-state index in [9.17, 15) is 0 Å². The van der Waals surface area contributed by atoms with E-state index in [1.165, 1.54) is 25.7 Å². The zero-order chi connectivity index (χ0) is 12.4. The fourth-order valence-electron chi connectivity index (χ4n) is 2.60. The van der Waals surface area contributed by atoms with E-state index in [0.717, 1.165) is 5.56 Å². The molecule has 1 unspecified atom stereocenters. The van der Waals surface area contributed by atoms with Crippen LogP contribution in [0.1, 0.15) is 31.6 Å². The van der Waals surface area contributed by atoms with Gasteiger partial charge in [-0.2, -0.15) is 4.98 Å². The monoisotopic (exact) mass is 247 g/mol. The maximum atomic E-state index is 6.19. The van der Waals surface area contributed by atoms with E-state index >= 15 is 0 Å². The summed E-state index contributed by atoms with van der Waals surface area (Å²) in [6.45, 7) is 0. The van der Waals surface area contributed by atoms with Crippen LogP contribution < -0.4 is 5.73 Å². The van der Waals surface area contributed by atoms with Crippen molar-refractivity contribution in [3.63, 3.8) is 0 Å². The second-order valence-corrected chi connectivity index (χ2v) is 4.94. The molecule has 2 aromatic heterocycles. The van der Waals surface area contributed by atoms with Gasteiger partial charge < -0.3 is 14.7 Å². The highest BCUT2D eigenvalue weighted by molar-refractivity contribution is 5.51. The number of rotatable bonds is 4. The molecule has 1 saturated carbocycles. The summed E-state index contributed by atoms with van der Waals surface area (Å²) in [4.78, 5) is 4.35. The number of nitrogens with zero attached hydrogens (tertiary/aromatic N) is 2. The van der Waals surface area contributed by atoms with Gasteiger partial charge in [0, 0.05) is 12.5 Å². The van der Waals surface area contributed by atoms with Gasteiger partial charge >= 0.3 is 0 Å². The molecule has 0 aliphatic heterocycles. The molecule has 0 saturated heterocycles. The molecule has 0 amide bonds. The van der Waals surface area contributed by atoms with Gasteiger partial charge in [-0.3, -0.25) is 0 Å². The Morgan fingerprint density at radius 2 is 2.22 bits per heavy atom. The molecular formula is C13H17N3O2. The van der Waals surface area contributed by atoms with Crippen LogP contribution in [-0.2, 0) is 6.42 Å². The second-order valence-electron chi connectivity index (χ2n) is 4.94. The van der Waals surface area contributed by atoms with Crippen LogP contribution in [0.25, 0.3) is 11.4 Å². The molecule has 18 heavy (non-hydrogen) atoms. The van der Waals surface area contributed by atoms with Gasteiger partial charge in [0.25, 0.3) is 0 Å². The second kappa shape index (κ2) is 4.94. The van der Waals surface area contributed by atoms with Crippen molar-refractivity contribution in [2.45, 2.75) is 38.1 Å². The molecule has 2 heterocycles. The van der Waals surface area contributed by atoms with Crippen LogP contribution in [0.15, 0.2) is 27.5 Å². The molecule has 1 aliphatic rings. The number of furan rings is 1. The predicted octanol–water partition coefficient (Wildman–Crippen LogP) is 2.39. The first-order valence-electron chi connectivity index (χ1n) is 6.43. The van der Waals surface area contributed by atoms with E-state index in [1.807, 2.05) is 6.07 Å². The molecule has 3 rings (SSSR count). The zero-order valence-corrected chi connectivity index (χ0v) is 10.2. The Morgan fingerprint density at radius 1 is 1.39 bits per heavy atom. The number of nitrogens with two attached hydrogens (primary N) is 1. The fourth-order valence-corrected chi connectivity index (χ4v) is 2.60. The summed E-state index contributed by atoms with van der Waals surface area (Å²) in [7, 11) is 0. The van der Waals surface area contributed by atoms with E-state index < -0.39 is 0 Å². The topological polar surface area (TPSA) is 78.1 Å². The third kappa shape index (κ3) is 2.31. The van der Waals surface area contributed by atoms with Gasteiger partial charge in [-0.15, -0.1) is 0 Å². The molecule has 2 aromatic rings. The van der Waals surface area contributed by atoms with Crippen LogP contribution in [-0.4, -0.2) is 16.2 Å².